The molecule has 0 aliphatic carbocycles. The van der Waals surface area contributed by atoms with Crippen molar-refractivity contribution < 1.29 is 4.79 Å². The fourth-order valence-electron chi connectivity index (χ4n) is 5.24. The van der Waals surface area contributed by atoms with Crippen LogP contribution in [0, 0.1) is 5.41 Å². The third-order valence-electron chi connectivity index (χ3n) is 7.92. The van der Waals surface area contributed by atoms with Crippen molar-refractivity contribution in [3.05, 3.63) is 88.9 Å². The van der Waals surface area contributed by atoms with Gasteiger partial charge in [0.15, 0.2) is 0 Å². The first-order valence-electron chi connectivity index (χ1n) is 15.9. The van der Waals surface area contributed by atoms with E-state index in [1.807, 2.05) is 74.2 Å². The van der Waals surface area contributed by atoms with E-state index in [0.717, 1.165) is 86.9 Å². The van der Waals surface area contributed by atoms with E-state index in [9.17, 15) is 4.79 Å². The molecule has 0 spiro atoms. The van der Waals surface area contributed by atoms with Gasteiger partial charge in [0.25, 0.3) is 0 Å². The predicted octanol–water partition coefficient (Wildman–Crippen LogP) is 6.09. The summed E-state index contributed by atoms with van der Waals surface area (Å²) in [6, 6.07) is 10.1. The van der Waals surface area contributed by atoms with Crippen molar-refractivity contribution in [1.82, 2.24) is 20.0 Å². The maximum atomic E-state index is 12.5. The summed E-state index contributed by atoms with van der Waals surface area (Å²) in [4.78, 5) is 28.7. The average Bonchev–Trinajstić information content (AvgIpc) is 3.04. The van der Waals surface area contributed by atoms with Gasteiger partial charge >= 0.3 is 0 Å². The summed E-state index contributed by atoms with van der Waals surface area (Å²) in [7, 11) is 0. The highest BCUT2D eigenvalue weighted by atomic mass is 16.2. The molecule has 236 valence electrons. The predicted molar refractivity (Wildman–Crippen MR) is 186 cm³/mol. The third-order valence-corrected chi connectivity index (χ3v) is 7.92. The number of hydrogen-bond acceptors (Lipinski definition) is 7. The SMILES string of the molecule is C/C=C(\C=C/CCN(CC)CCCC(=O)N1CCNCC1)C(/C)=N/C(=C(C=N)\C=C\c1ccccc1)N1CN=C(C)C=C1C. The van der Waals surface area contributed by atoms with Gasteiger partial charge in [-0.25, -0.2) is 4.99 Å². The van der Waals surface area contributed by atoms with Gasteiger partial charge < -0.3 is 25.4 Å². The van der Waals surface area contributed by atoms with Crippen molar-refractivity contribution >= 4 is 29.6 Å². The highest BCUT2D eigenvalue weighted by Crippen LogP contribution is 2.23. The summed E-state index contributed by atoms with van der Waals surface area (Å²) in [6.07, 6.45) is 16.2. The molecule has 44 heavy (non-hydrogen) atoms. The number of nitrogens with zero attached hydrogens (tertiary/aromatic N) is 5. The molecule has 2 heterocycles. The van der Waals surface area contributed by atoms with E-state index in [2.05, 4.69) is 52.2 Å². The molecule has 2 aliphatic heterocycles. The summed E-state index contributed by atoms with van der Waals surface area (Å²) >= 11 is 0. The van der Waals surface area contributed by atoms with E-state index in [4.69, 9.17) is 10.4 Å². The molecule has 0 atom stereocenters. The minimum Gasteiger partial charge on any atom is -0.340 e. The van der Waals surface area contributed by atoms with Crippen LogP contribution in [0.25, 0.3) is 6.08 Å². The van der Waals surface area contributed by atoms with Crippen LogP contribution >= 0.6 is 0 Å². The van der Waals surface area contributed by atoms with Crippen LogP contribution in [-0.2, 0) is 4.79 Å². The number of nitrogens with one attached hydrogen (secondary N) is 2. The number of carbonyl (C=O) groups excluding carboxylic acids is 1. The fourth-order valence-corrected chi connectivity index (χ4v) is 5.24. The molecule has 1 amide bonds. The quantitative estimate of drug-likeness (QED) is 0.189. The Balaban J connectivity index is 1.68. The molecule has 8 nitrogen and oxygen atoms in total. The van der Waals surface area contributed by atoms with Crippen LogP contribution in [0.5, 0.6) is 0 Å². The molecule has 1 aromatic carbocycles. The number of amides is 1. The van der Waals surface area contributed by atoms with E-state index < -0.39 is 0 Å². The maximum absolute atomic E-state index is 12.5. The molecule has 2 aliphatic rings. The lowest BCUT2D eigenvalue weighted by Gasteiger charge is -2.28. The van der Waals surface area contributed by atoms with Crippen LogP contribution in [0.15, 0.2) is 93.4 Å². The molecule has 1 aromatic rings. The molecule has 2 N–H and O–H groups in total. The number of piperazine rings is 1. The second kappa shape index (κ2) is 18.7. The van der Waals surface area contributed by atoms with Gasteiger partial charge in [-0.05, 0) is 76.9 Å². The molecule has 0 unspecified atom stereocenters. The number of allylic oxidation sites excluding steroid dienone is 7. The molecule has 1 saturated heterocycles. The maximum Gasteiger partial charge on any atom is 0.222 e. The monoisotopic (exact) mass is 597 g/mol. The van der Waals surface area contributed by atoms with Gasteiger partial charge in [-0.1, -0.05) is 61.6 Å². The topological polar surface area (TPSA) is 87.4 Å². The van der Waals surface area contributed by atoms with E-state index >= 15 is 0 Å². The van der Waals surface area contributed by atoms with Crippen molar-refractivity contribution in [2.24, 2.45) is 9.98 Å². The fraction of sp³-hybridized carbons (Fsp3) is 0.444. The van der Waals surface area contributed by atoms with Crippen LogP contribution in [0.3, 0.4) is 0 Å². The van der Waals surface area contributed by atoms with Crippen molar-refractivity contribution in [3.8, 4) is 0 Å². The Morgan fingerprint density at radius 1 is 1.14 bits per heavy atom. The molecule has 0 radical (unpaired) electrons. The average molecular weight is 598 g/mol. The Morgan fingerprint density at radius 3 is 2.55 bits per heavy atom. The van der Waals surface area contributed by atoms with Gasteiger partial charge in [0.1, 0.15) is 12.5 Å². The highest BCUT2D eigenvalue weighted by Gasteiger charge is 2.18. The number of aliphatic imine (C=N–C) groups is 2. The lowest BCUT2D eigenvalue weighted by Crippen LogP contribution is -2.46. The minimum atomic E-state index is 0.280. The normalized spacial score (nSPS) is 17.3. The number of hydrogen-bond donors (Lipinski definition) is 2. The molecule has 0 bridgehead atoms. The lowest BCUT2D eigenvalue weighted by atomic mass is 10.1. The minimum absolute atomic E-state index is 0.280. The first-order valence-corrected chi connectivity index (χ1v) is 15.9. The number of benzene rings is 1. The van der Waals surface area contributed by atoms with E-state index in [-0.39, 0.29) is 5.91 Å². The summed E-state index contributed by atoms with van der Waals surface area (Å²) in [5, 5.41) is 11.6. The largest absolute Gasteiger partial charge is 0.340 e. The molecule has 0 aromatic heterocycles. The zero-order chi connectivity index (χ0) is 31.7. The molecule has 8 heteroatoms. The van der Waals surface area contributed by atoms with Gasteiger partial charge in [0.05, 0.1) is 0 Å². The summed E-state index contributed by atoms with van der Waals surface area (Å²) in [5.74, 6) is 0.984. The Bertz CT molecular complexity index is 1310. The third kappa shape index (κ3) is 11.0. The summed E-state index contributed by atoms with van der Waals surface area (Å²) in [5.41, 5.74) is 5.73. The van der Waals surface area contributed by atoms with Gasteiger partial charge in [-0.3, -0.25) is 9.79 Å². The summed E-state index contributed by atoms with van der Waals surface area (Å²) < 4.78 is 0. The molecular weight excluding hydrogens is 546 g/mol. The van der Waals surface area contributed by atoms with Crippen LogP contribution in [-0.4, -0.2) is 90.7 Å². The first kappa shape index (κ1) is 34.6. The van der Waals surface area contributed by atoms with Gasteiger partial charge in [-0.2, -0.15) is 0 Å². The molecule has 3 rings (SSSR count). The van der Waals surface area contributed by atoms with Crippen LogP contribution in [0.4, 0.5) is 0 Å². The Hall–Kier alpha value is -3.88. The van der Waals surface area contributed by atoms with Crippen LogP contribution < -0.4 is 5.32 Å². The zero-order valence-electron chi connectivity index (χ0n) is 27.4. The first-order chi connectivity index (χ1) is 21.4. The van der Waals surface area contributed by atoms with E-state index in [1.165, 1.54) is 6.21 Å². The second-order valence-corrected chi connectivity index (χ2v) is 11.1. The Kier molecular flexibility index (Phi) is 14.7. The van der Waals surface area contributed by atoms with E-state index in [0.29, 0.717) is 24.5 Å². The van der Waals surface area contributed by atoms with Gasteiger partial charge in [0, 0.05) is 68.1 Å². The summed E-state index contributed by atoms with van der Waals surface area (Å²) in [6.45, 7) is 17.0. The molecule has 1 fully saturated rings. The highest BCUT2D eigenvalue weighted by molar-refractivity contribution is 6.01. The number of rotatable bonds is 15. The molecule has 0 saturated carbocycles. The van der Waals surface area contributed by atoms with Crippen molar-refractivity contribution in [2.75, 3.05) is 52.5 Å². The lowest BCUT2D eigenvalue weighted by molar-refractivity contribution is -0.131. The second-order valence-electron chi connectivity index (χ2n) is 11.1. The zero-order valence-corrected chi connectivity index (χ0v) is 27.4. The number of carbonyl (C=O) groups is 1. The van der Waals surface area contributed by atoms with Gasteiger partial charge in [-0.15, -0.1) is 0 Å². The Morgan fingerprint density at radius 2 is 1.89 bits per heavy atom. The standard InChI is InChI=1S/C36H51N7O/c1-6-33(16-11-12-22-41(7-2)23-13-17-35(44)42-24-20-38-21-25-42)31(5)40-36(43-28-39-29(3)26-30(43)4)34(27-37)19-18-32-14-9-8-10-15-32/h6,8-11,14-16,18-19,26-27,37-38H,7,12-13,17,20-25,28H2,1-5H3/b16-11-,19-18+,33-6+,36-34-,37-27?,40-31+. The van der Waals surface area contributed by atoms with Crippen molar-refractivity contribution in [3.63, 3.8) is 0 Å². The smallest absolute Gasteiger partial charge is 0.222 e. The van der Waals surface area contributed by atoms with Crippen LogP contribution in [0.2, 0.25) is 0 Å². The Labute approximate surface area is 264 Å². The van der Waals surface area contributed by atoms with Gasteiger partial charge in [0.2, 0.25) is 5.91 Å². The van der Waals surface area contributed by atoms with E-state index in [1.54, 1.807) is 0 Å². The van der Waals surface area contributed by atoms with Crippen LogP contribution in [0.1, 0.15) is 59.4 Å². The van der Waals surface area contributed by atoms with Crippen molar-refractivity contribution in [2.45, 2.75) is 53.9 Å². The van der Waals surface area contributed by atoms with Crippen molar-refractivity contribution in [1.29, 1.82) is 5.41 Å². The molecular formula is C36H51N7O.